The van der Waals surface area contributed by atoms with E-state index in [0.29, 0.717) is 17.3 Å². The molecule has 7 heteroatoms. The van der Waals surface area contributed by atoms with Gasteiger partial charge in [-0.1, -0.05) is 0 Å². The molecule has 0 saturated heterocycles. The summed E-state index contributed by atoms with van der Waals surface area (Å²) in [5.41, 5.74) is 1.54. The number of carboxylic acid groups (broad SMARTS) is 1. The summed E-state index contributed by atoms with van der Waals surface area (Å²) in [6.45, 7) is 0.613. The molecule has 1 heterocycles. The zero-order valence-electron chi connectivity index (χ0n) is 8.23. The first-order valence-electron chi connectivity index (χ1n) is 4.32. The van der Waals surface area contributed by atoms with Gasteiger partial charge in [0.1, 0.15) is 5.00 Å². The summed E-state index contributed by atoms with van der Waals surface area (Å²) in [4.78, 5) is 14.4. The largest absolute Gasteiger partial charge is 0.476 e. The molecule has 0 amide bonds. The summed E-state index contributed by atoms with van der Waals surface area (Å²) < 4.78 is 10.8. The van der Waals surface area contributed by atoms with Crippen LogP contribution in [0.1, 0.15) is 16.9 Å². The van der Waals surface area contributed by atoms with Gasteiger partial charge in [0.05, 0.1) is 5.51 Å². The van der Waals surface area contributed by atoms with Crippen LogP contribution in [0.3, 0.4) is 0 Å². The molecule has 0 saturated carbocycles. The molecular weight excluding hydrogens is 236 g/mol. The number of nitrogens with one attached hydrogen (secondary N) is 1. The zero-order chi connectivity index (χ0) is 11.3. The predicted octanol–water partition coefficient (Wildman–Crippen LogP) is 1.02. The molecule has 1 unspecified atom stereocenters. The van der Waals surface area contributed by atoms with Crippen LogP contribution in [0.15, 0.2) is 5.51 Å². The minimum atomic E-state index is -1.03. The maximum Gasteiger partial charge on any atom is 0.357 e. The molecule has 0 bridgehead atoms. The van der Waals surface area contributed by atoms with E-state index in [-0.39, 0.29) is 5.69 Å². The second-order valence-corrected chi connectivity index (χ2v) is 5.30. The number of anilines is 1. The fourth-order valence-corrected chi connectivity index (χ4v) is 2.25. The van der Waals surface area contributed by atoms with Crippen molar-refractivity contribution in [1.29, 1.82) is 0 Å². The van der Waals surface area contributed by atoms with Crippen LogP contribution in [0, 0.1) is 0 Å². The lowest BCUT2D eigenvalue weighted by atomic mass is 10.4. The molecule has 0 aliphatic carbocycles. The number of hydrogen-bond donors (Lipinski definition) is 2. The smallest absolute Gasteiger partial charge is 0.357 e. The molecule has 0 aliphatic rings. The number of hydrogen-bond acceptors (Lipinski definition) is 5. The summed E-state index contributed by atoms with van der Waals surface area (Å²) in [7, 11) is -0.797. The average Bonchev–Trinajstić information content (AvgIpc) is 2.60. The van der Waals surface area contributed by atoms with Gasteiger partial charge in [-0.15, -0.1) is 11.3 Å². The van der Waals surface area contributed by atoms with E-state index in [4.69, 9.17) is 5.11 Å². The Morgan fingerprint density at radius 1 is 1.73 bits per heavy atom. The second-order valence-electron chi connectivity index (χ2n) is 2.89. The van der Waals surface area contributed by atoms with E-state index in [0.717, 1.165) is 6.42 Å². The summed E-state index contributed by atoms with van der Waals surface area (Å²) in [6.07, 6.45) is 2.40. The molecule has 84 valence electrons. The Balaban J connectivity index is 2.40. The van der Waals surface area contributed by atoms with E-state index >= 15 is 0 Å². The summed E-state index contributed by atoms with van der Waals surface area (Å²) in [5, 5.41) is 12.3. The highest BCUT2D eigenvalue weighted by molar-refractivity contribution is 7.84. The van der Waals surface area contributed by atoms with E-state index in [1.165, 1.54) is 16.8 Å². The lowest BCUT2D eigenvalue weighted by Crippen LogP contribution is -2.08. The summed E-state index contributed by atoms with van der Waals surface area (Å²) in [5.74, 6) is -0.411. The van der Waals surface area contributed by atoms with Crippen LogP contribution in [0.25, 0.3) is 0 Å². The maximum atomic E-state index is 10.8. The first-order chi connectivity index (χ1) is 7.11. The molecule has 1 rings (SSSR count). The van der Waals surface area contributed by atoms with Crippen molar-refractivity contribution < 1.29 is 14.1 Å². The normalized spacial score (nSPS) is 12.3. The van der Waals surface area contributed by atoms with Gasteiger partial charge in [0, 0.05) is 29.4 Å². The number of carboxylic acids is 1. The number of rotatable bonds is 6. The quantitative estimate of drug-likeness (QED) is 0.735. The van der Waals surface area contributed by atoms with E-state index in [1.807, 2.05) is 0 Å². The molecular formula is C8H12N2O3S2. The molecule has 1 aromatic heterocycles. The molecule has 15 heavy (non-hydrogen) atoms. The third-order valence-corrected chi connectivity index (χ3v) is 3.31. The zero-order valence-corrected chi connectivity index (χ0v) is 9.86. The Morgan fingerprint density at radius 3 is 3.07 bits per heavy atom. The van der Waals surface area contributed by atoms with Crippen molar-refractivity contribution in [3.63, 3.8) is 0 Å². The van der Waals surface area contributed by atoms with Gasteiger partial charge in [0.15, 0.2) is 5.69 Å². The van der Waals surface area contributed by atoms with Crippen LogP contribution in [-0.2, 0) is 10.8 Å². The van der Waals surface area contributed by atoms with Crippen LogP contribution in [0.5, 0.6) is 0 Å². The van der Waals surface area contributed by atoms with Crippen molar-refractivity contribution in [2.24, 2.45) is 0 Å². The SMILES string of the molecule is CS(=O)CCCNc1scnc1C(=O)O. The van der Waals surface area contributed by atoms with E-state index in [1.54, 1.807) is 6.26 Å². The van der Waals surface area contributed by atoms with Gasteiger partial charge < -0.3 is 10.4 Å². The fraction of sp³-hybridized carbons (Fsp3) is 0.500. The minimum Gasteiger partial charge on any atom is -0.476 e. The average molecular weight is 248 g/mol. The number of aromatic carboxylic acids is 1. The Kier molecular flexibility index (Phi) is 4.70. The van der Waals surface area contributed by atoms with Gasteiger partial charge in [0.2, 0.25) is 0 Å². The Morgan fingerprint density at radius 2 is 2.47 bits per heavy atom. The van der Waals surface area contributed by atoms with Crippen molar-refractivity contribution in [2.75, 3.05) is 23.9 Å². The lowest BCUT2D eigenvalue weighted by Gasteiger charge is -2.02. The number of aromatic nitrogens is 1. The molecule has 5 nitrogen and oxygen atoms in total. The van der Waals surface area contributed by atoms with Gasteiger partial charge in [0.25, 0.3) is 0 Å². The Hall–Kier alpha value is -0.950. The molecule has 0 aliphatic heterocycles. The summed E-state index contributed by atoms with van der Waals surface area (Å²) in [6, 6.07) is 0. The minimum absolute atomic E-state index is 0.0534. The van der Waals surface area contributed by atoms with Crippen LogP contribution in [0.4, 0.5) is 5.00 Å². The standard InChI is InChI=1S/C8H12N2O3S2/c1-15(13)4-2-3-9-7-6(8(11)12)10-5-14-7/h5,9H,2-4H2,1H3,(H,11,12). The van der Waals surface area contributed by atoms with E-state index < -0.39 is 16.8 Å². The Labute approximate surface area is 94.0 Å². The highest BCUT2D eigenvalue weighted by atomic mass is 32.2. The van der Waals surface area contributed by atoms with Crippen LogP contribution < -0.4 is 5.32 Å². The van der Waals surface area contributed by atoms with Crippen molar-refractivity contribution in [1.82, 2.24) is 4.98 Å². The van der Waals surface area contributed by atoms with Crippen molar-refractivity contribution >= 4 is 33.1 Å². The van der Waals surface area contributed by atoms with Crippen molar-refractivity contribution in [3.8, 4) is 0 Å². The first-order valence-corrected chi connectivity index (χ1v) is 6.92. The predicted molar refractivity (Wildman–Crippen MR) is 61.1 cm³/mol. The second kappa shape index (κ2) is 5.82. The van der Waals surface area contributed by atoms with Gasteiger partial charge >= 0.3 is 5.97 Å². The topological polar surface area (TPSA) is 79.3 Å². The van der Waals surface area contributed by atoms with Crippen LogP contribution >= 0.6 is 11.3 Å². The monoisotopic (exact) mass is 248 g/mol. The van der Waals surface area contributed by atoms with Crippen LogP contribution in [0.2, 0.25) is 0 Å². The third-order valence-electron chi connectivity index (χ3n) is 1.66. The van der Waals surface area contributed by atoms with Gasteiger partial charge in [-0.2, -0.15) is 0 Å². The molecule has 1 aromatic rings. The van der Waals surface area contributed by atoms with Crippen molar-refractivity contribution in [3.05, 3.63) is 11.2 Å². The molecule has 0 spiro atoms. The molecule has 2 N–H and O–H groups in total. The van der Waals surface area contributed by atoms with Gasteiger partial charge in [-0.3, -0.25) is 4.21 Å². The lowest BCUT2D eigenvalue weighted by molar-refractivity contribution is 0.0692. The van der Waals surface area contributed by atoms with Gasteiger partial charge in [-0.25, -0.2) is 9.78 Å². The highest BCUT2D eigenvalue weighted by Crippen LogP contribution is 2.19. The summed E-state index contributed by atoms with van der Waals surface area (Å²) >= 11 is 1.26. The molecule has 0 aromatic carbocycles. The third kappa shape index (κ3) is 3.96. The number of carbonyl (C=O) groups is 1. The molecule has 0 fully saturated rings. The highest BCUT2D eigenvalue weighted by Gasteiger charge is 2.12. The number of thiazole rings is 1. The van der Waals surface area contributed by atoms with E-state index in [2.05, 4.69) is 10.3 Å². The van der Waals surface area contributed by atoms with Crippen LogP contribution in [-0.4, -0.2) is 38.8 Å². The maximum absolute atomic E-state index is 10.8. The number of nitrogens with zero attached hydrogens (tertiary/aromatic N) is 1. The first kappa shape index (κ1) is 12.1. The Bertz CT molecular complexity index is 365. The molecule has 1 atom stereocenters. The van der Waals surface area contributed by atoms with E-state index in [9.17, 15) is 9.00 Å². The molecule has 0 radical (unpaired) electrons. The fourth-order valence-electron chi connectivity index (χ4n) is 1.00. The van der Waals surface area contributed by atoms with Crippen molar-refractivity contribution in [2.45, 2.75) is 6.42 Å². The van der Waals surface area contributed by atoms with Gasteiger partial charge in [-0.05, 0) is 6.42 Å².